The molecule has 0 radical (unpaired) electrons. The molecule has 164 valence electrons. The Bertz CT molecular complexity index is 1270. The van der Waals surface area contributed by atoms with Gasteiger partial charge in [0.05, 0.1) is 42.2 Å². The van der Waals surface area contributed by atoms with Crippen LogP contribution in [-0.2, 0) is 10.2 Å². The van der Waals surface area contributed by atoms with Crippen molar-refractivity contribution in [1.29, 1.82) is 5.26 Å². The number of carbonyl (C=O) groups is 1. The van der Waals surface area contributed by atoms with Gasteiger partial charge in [0, 0.05) is 40.7 Å². The van der Waals surface area contributed by atoms with E-state index in [0.29, 0.717) is 29.9 Å². The number of aromatic amines is 1. The van der Waals surface area contributed by atoms with Crippen LogP contribution in [0.1, 0.15) is 60.4 Å². The first-order valence-electron chi connectivity index (χ1n) is 11.1. The maximum absolute atomic E-state index is 13.8. The molecule has 6 heteroatoms. The Morgan fingerprint density at radius 3 is 2.62 bits per heavy atom. The number of rotatable bonds is 3. The largest absolute Gasteiger partial charge is 0.489 e. The number of ether oxygens (including phenoxy) is 2. The summed E-state index contributed by atoms with van der Waals surface area (Å²) in [5, 5.41) is 10.1. The quantitative estimate of drug-likeness (QED) is 0.662. The molecule has 1 aliphatic carbocycles. The zero-order valence-corrected chi connectivity index (χ0v) is 18.9. The number of carbonyl (C=O) groups excluding carboxylic acids is 1. The molecule has 0 saturated carbocycles. The lowest BCUT2D eigenvalue weighted by Gasteiger charge is -2.36. The van der Waals surface area contributed by atoms with Crippen molar-refractivity contribution < 1.29 is 14.3 Å². The minimum atomic E-state index is -0.415. The fraction of sp³-hybridized carbons (Fsp3) is 0.385. The van der Waals surface area contributed by atoms with Crippen LogP contribution in [0.5, 0.6) is 5.75 Å². The van der Waals surface area contributed by atoms with Gasteiger partial charge in [0.15, 0.2) is 5.78 Å². The van der Waals surface area contributed by atoms with Gasteiger partial charge in [0.1, 0.15) is 5.75 Å². The van der Waals surface area contributed by atoms with E-state index in [-0.39, 0.29) is 11.9 Å². The van der Waals surface area contributed by atoms with E-state index in [2.05, 4.69) is 35.9 Å². The third kappa shape index (κ3) is 3.08. The third-order valence-electron chi connectivity index (χ3n) is 6.51. The number of benzene rings is 2. The number of H-pyrrole nitrogens is 1. The van der Waals surface area contributed by atoms with Crippen molar-refractivity contribution in [3.8, 4) is 11.8 Å². The molecular formula is C26H27N3O3. The summed E-state index contributed by atoms with van der Waals surface area (Å²) in [5.41, 5.74) is 5.23. The number of aromatic nitrogens is 1. The van der Waals surface area contributed by atoms with Gasteiger partial charge in [0.2, 0.25) is 0 Å². The van der Waals surface area contributed by atoms with Crippen LogP contribution in [0.2, 0.25) is 0 Å². The second kappa shape index (κ2) is 7.39. The molecule has 0 amide bonds. The SMILES string of the molecule is CC(C)Oc1cc2c(cc1N1CCOCC1)C(C)(C)c1[nH]c3cc(C#N)ccc3c1C2=O. The monoisotopic (exact) mass is 429 g/mol. The molecule has 1 fully saturated rings. The average molecular weight is 430 g/mol. The third-order valence-corrected chi connectivity index (χ3v) is 6.51. The Morgan fingerprint density at radius 2 is 1.94 bits per heavy atom. The molecule has 0 bridgehead atoms. The number of nitrogens with zero attached hydrogens (tertiary/aromatic N) is 2. The van der Waals surface area contributed by atoms with Crippen molar-refractivity contribution in [3.05, 3.63) is 58.3 Å². The summed E-state index contributed by atoms with van der Waals surface area (Å²) in [4.78, 5) is 19.5. The van der Waals surface area contributed by atoms with E-state index in [1.165, 1.54) is 0 Å². The normalized spacial score (nSPS) is 17.2. The summed E-state index contributed by atoms with van der Waals surface area (Å²) in [6, 6.07) is 11.7. The number of anilines is 1. The standard InChI is InChI=1S/C26H27N3O3/c1-15(2)32-22-12-18-19(13-21(22)29-7-9-31-10-8-29)26(3,4)25-23(24(18)30)17-6-5-16(14-27)11-20(17)28-25/h5-6,11-13,15,28H,7-10H2,1-4H3. The fourth-order valence-electron chi connectivity index (χ4n) is 4.91. The van der Waals surface area contributed by atoms with Gasteiger partial charge in [-0.25, -0.2) is 0 Å². The van der Waals surface area contributed by atoms with Gasteiger partial charge < -0.3 is 19.4 Å². The molecule has 5 rings (SSSR count). The number of nitrogens with one attached hydrogen (secondary N) is 1. The number of hydrogen-bond donors (Lipinski definition) is 1. The molecule has 2 aromatic carbocycles. The molecule has 2 aliphatic rings. The number of fused-ring (bicyclic) bond motifs is 4. The highest BCUT2D eigenvalue weighted by Crippen LogP contribution is 2.47. The second-order valence-electron chi connectivity index (χ2n) is 9.33. The molecular weight excluding hydrogens is 402 g/mol. The van der Waals surface area contributed by atoms with Gasteiger partial charge in [-0.1, -0.05) is 19.9 Å². The van der Waals surface area contributed by atoms with Gasteiger partial charge in [0.25, 0.3) is 0 Å². The summed E-state index contributed by atoms with van der Waals surface area (Å²) in [6.07, 6.45) is -0.00686. The lowest BCUT2D eigenvalue weighted by atomic mass is 9.71. The van der Waals surface area contributed by atoms with Crippen molar-refractivity contribution in [2.45, 2.75) is 39.2 Å². The van der Waals surface area contributed by atoms with Crippen LogP contribution >= 0.6 is 0 Å². The van der Waals surface area contributed by atoms with E-state index in [4.69, 9.17) is 9.47 Å². The maximum atomic E-state index is 13.8. The van der Waals surface area contributed by atoms with Crippen molar-refractivity contribution in [1.82, 2.24) is 4.98 Å². The first-order valence-corrected chi connectivity index (χ1v) is 11.1. The maximum Gasteiger partial charge on any atom is 0.195 e. The minimum absolute atomic E-state index is 0.00686. The summed E-state index contributed by atoms with van der Waals surface area (Å²) in [7, 11) is 0. The topological polar surface area (TPSA) is 78.3 Å². The fourth-order valence-corrected chi connectivity index (χ4v) is 4.91. The van der Waals surface area contributed by atoms with Crippen LogP contribution in [-0.4, -0.2) is 43.2 Å². The summed E-state index contributed by atoms with van der Waals surface area (Å²) in [6.45, 7) is 11.2. The zero-order chi connectivity index (χ0) is 22.6. The van der Waals surface area contributed by atoms with Crippen molar-refractivity contribution in [2.24, 2.45) is 0 Å². The Balaban J connectivity index is 1.73. The molecule has 1 saturated heterocycles. The van der Waals surface area contributed by atoms with E-state index < -0.39 is 5.41 Å². The smallest absolute Gasteiger partial charge is 0.195 e. The van der Waals surface area contributed by atoms with Crippen LogP contribution in [0.3, 0.4) is 0 Å². The lowest BCUT2D eigenvalue weighted by Crippen LogP contribution is -2.37. The predicted octanol–water partition coefficient (Wildman–Crippen LogP) is 4.53. The number of ketones is 1. The predicted molar refractivity (Wildman–Crippen MR) is 124 cm³/mol. The van der Waals surface area contributed by atoms with Gasteiger partial charge in [-0.05, 0) is 43.7 Å². The van der Waals surface area contributed by atoms with E-state index >= 15 is 0 Å². The van der Waals surface area contributed by atoms with Crippen LogP contribution in [0, 0.1) is 11.3 Å². The van der Waals surface area contributed by atoms with E-state index in [1.54, 1.807) is 6.07 Å². The Morgan fingerprint density at radius 1 is 1.19 bits per heavy atom. The summed E-state index contributed by atoms with van der Waals surface area (Å²) >= 11 is 0. The highest BCUT2D eigenvalue weighted by atomic mass is 16.5. The van der Waals surface area contributed by atoms with Crippen LogP contribution < -0.4 is 9.64 Å². The van der Waals surface area contributed by atoms with Crippen LogP contribution in [0.4, 0.5) is 5.69 Å². The second-order valence-corrected chi connectivity index (χ2v) is 9.33. The number of morpholine rings is 1. The number of nitriles is 1. The average Bonchev–Trinajstić information content (AvgIpc) is 3.17. The van der Waals surface area contributed by atoms with Crippen molar-refractivity contribution >= 4 is 22.4 Å². The first-order chi connectivity index (χ1) is 15.3. The van der Waals surface area contributed by atoms with Gasteiger partial charge in [-0.3, -0.25) is 4.79 Å². The van der Waals surface area contributed by atoms with E-state index in [1.807, 2.05) is 32.0 Å². The highest BCUT2D eigenvalue weighted by Gasteiger charge is 2.41. The summed E-state index contributed by atoms with van der Waals surface area (Å²) in [5.74, 6) is 0.729. The van der Waals surface area contributed by atoms with Crippen molar-refractivity contribution in [3.63, 3.8) is 0 Å². The molecule has 1 N–H and O–H groups in total. The first kappa shape index (κ1) is 20.6. The van der Waals surface area contributed by atoms with E-state index in [0.717, 1.165) is 46.7 Å². The van der Waals surface area contributed by atoms with Gasteiger partial charge in [-0.15, -0.1) is 0 Å². The molecule has 1 aromatic heterocycles. The van der Waals surface area contributed by atoms with Gasteiger partial charge >= 0.3 is 0 Å². The van der Waals surface area contributed by atoms with E-state index in [9.17, 15) is 10.1 Å². The van der Waals surface area contributed by atoms with Crippen molar-refractivity contribution in [2.75, 3.05) is 31.2 Å². The minimum Gasteiger partial charge on any atom is -0.489 e. The zero-order valence-electron chi connectivity index (χ0n) is 18.9. The molecule has 6 nitrogen and oxygen atoms in total. The molecule has 0 atom stereocenters. The van der Waals surface area contributed by atoms with Crippen LogP contribution in [0.15, 0.2) is 30.3 Å². The molecule has 0 spiro atoms. The molecule has 2 heterocycles. The molecule has 1 aliphatic heterocycles. The molecule has 32 heavy (non-hydrogen) atoms. The Hall–Kier alpha value is -3.30. The van der Waals surface area contributed by atoms with Gasteiger partial charge in [-0.2, -0.15) is 5.26 Å². The Labute approximate surface area is 187 Å². The summed E-state index contributed by atoms with van der Waals surface area (Å²) < 4.78 is 11.7. The van der Waals surface area contributed by atoms with Crippen LogP contribution in [0.25, 0.3) is 10.9 Å². The highest BCUT2D eigenvalue weighted by molar-refractivity contribution is 6.20. The molecule has 0 unspecified atom stereocenters. The lowest BCUT2D eigenvalue weighted by molar-refractivity contribution is 0.103. The molecule has 3 aromatic rings. The number of hydrogen-bond acceptors (Lipinski definition) is 5. The Kier molecular flexibility index (Phi) is 4.75.